The lowest BCUT2D eigenvalue weighted by atomic mass is 10.0. The van der Waals surface area contributed by atoms with E-state index < -0.39 is 48.1 Å². The number of ether oxygens (including phenoxy) is 3. The Kier molecular flexibility index (Phi) is 7.66. The number of nitrogens with zero attached hydrogens (tertiary/aromatic N) is 1. The van der Waals surface area contributed by atoms with Crippen LogP contribution in [0.2, 0.25) is 0 Å². The van der Waals surface area contributed by atoms with Gasteiger partial charge in [-0.3, -0.25) is 0 Å². The van der Waals surface area contributed by atoms with E-state index in [0.29, 0.717) is 23.5 Å². The first-order chi connectivity index (χ1) is 14.0. The van der Waals surface area contributed by atoms with Crippen LogP contribution < -0.4 is 4.74 Å². The first-order valence-electron chi connectivity index (χ1n) is 9.85. The molecular weight excluding hydrogens is 394 g/mol. The Labute approximate surface area is 175 Å². The van der Waals surface area contributed by atoms with Gasteiger partial charge in [-0.2, -0.15) is 4.90 Å². The number of imide groups is 1. The summed E-state index contributed by atoms with van der Waals surface area (Å²) >= 11 is 0. The van der Waals surface area contributed by atoms with Gasteiger partial charge >= 0.3 is 18.2 Å². The molecule has 1 aliphatic rings. The van der Waals surface area contributed by atoms with Gasteiger partial charge in [-0.15, -0.1) is 0 Å². The van der Waals surface area contributed by atoms with Gasteiger partial charge in [0.1, 0.15) is 35.7 Å². The molecule has 0 aliphatic carbocycles. The summed E-state index contributed by atoms with van der Waals surface area (Å²) < 4.78 is 16.3. The van der Waals surface area contributed by atoms with E-state index in [2.05, 4.69) is 0 Å². The largest absolute Gasteiger partial charge is 0.488 e. The lowest BCUT2D eigenvalue weighted by Gasteiger charge is -2.29. The van der Waals surface area contributed by atoms with E-state index in [1.807, 2.05) is 6.07 Å². The predicted octanol–water partition coefficient (Wildman–Crippen LogP) is 3.19. The summed E-state index contributed by atoms with van der Waals surface area (Å²) in [4.78, 5) is 37.2. The fraction of sp³-hybridized carbons (Fsp3) is 0.571. The lowest BCUT2D eigenvalue weighted by molar-refractivity contribution is -0.161. The Morgan fingerprint density at radius 1 is 1.17 bits per heavy atom. The number of aliphatic hydroxyl groups is 1. The molecule has 1 fully saturated rings. The van der Waals surface area contributed by atoms with E-state index in [4.69, 9.17) is 14.2 Å². The highest BCUT2D eigenvalue weighted by Gasteiger charge is 2.41. The number of carbonyl (C=O) groups is 3. The van der Waals surface area contributed by atoms with Crippen molar-refractivity contribution >= 4 is 18.2 Å². The van der Waals surface area contributed by atoms with Gasteiger partial charge in [0, 0.05) is 0 Å². The van der Waals surface area contributed by atoms with E-state index in [0.717, 1.165) is 0 Å². The third kappa shape index (κ3) is 6.35. The minimum atomic E-state index is -1.62. The molecular formula is C21H29NO8. The molecule has 166 valence electrons. The van der Waals surface area contributed by atoms with Crippen LogP contribution in [0, 0.1) is 0 Å². The molecule has 0 radical (unpaired) electrons. The number of esters is 1. The maximum Gasteiger partial charge on any atom is 0.420 e. The van der Waals surface area contributed by atoms with E-state index in [9.17, 15) is 24.6 Å². The van der Waals surface area contributed by atoms with Crippen LogP contribution in [0.4, 0.5) is 9.59 Å². The maximum atomic E-state index is 12.7. The number of para-hydroxylation sites is 1. The molecule has 2 N–H and O–H groups in total. The molecule has 0 spiro atoms. The molecule has 1 saturated heterocycles. The van der Waals surface area contributed by atoms with Crippen LogP contribution in [-0.4, -0.2) is 63.2 Å². The number of carbonyl (C=O) groups excluding carboxylic acids is 2. The van der Waals surface area contributed by atoms with E-state index in [-0.39, 0.29) is 6.42 Å². The number of rotatable bonds is 3. The Bertz CT molecular complexity index is 745. The second kappa shape index (κ2) is 9.80. The quantitative estimate of drug-likeness (QED) is 0.711. The van der Waals surface area contributed by atoms with E-state index in [1.54, 1.807) is 45.0 Å². The van der Waals surface area contributed by atoms with Crippen LogP contribution in [0.15, 0.2) is 30.3 Å². The van der Waals surface area contributed by atoms with Gasteiger partial charge in [-0.25, -0.2) is 14.4 Å². The summed E-state index contributed by atoms with van der Waals surface area (Å²) in [5.74, 6) is -0.369. The highest BCUT2D eigenvalue weighted by Crippen LogP contribution is 2.24. The average molecular weight is 423 g/mol. The normalized spacial score (nSPS) is 25.2. The van der Waals surface area contributed by atoms with Crippen LogP contribution in [0.1, 0.15) is 47.0 Å². The zero-order valence-electron chi connectivity index (χ0n) is 17.6. The Morgan fingerprint density at radius 2 is 1.80 bits per heavy atom. The van der Waals surface area contributed by atoms with Gasteiger partial charge in [0.25, 0.3) is 0 Å². The molecule has 1 aromatic rings. The summed E-state index contributed by atoms with van der Waals surface area (Å²) in [6, 6.07) is 7.52. The smallest absolute Gasteiger partial charge is 0.420 e. The number of hydrogen-bond acceptors (Lipinski definition) is 7. The highest BCUT2D eigenvalue weighted by molar-refractivity contribution is 5.93. The minimum absolute atomic E-state index is 0.0124. The van der Waals surface area contributed by atoms with Crippen LogP contribution >= 0.6 is 0 Å². The van der Waals surface area contributed by atoms with Crippen molar-refractivity contribution < 1.29 is 38.8 Å². The summed E-state index contributed by atoms with van der Waals surface area (Å²) in [6.07, 6.45) is -4.89. The lowest BCUT2D eigenvalue weighted by Crippen LogP contribution is -2.51. The second-order valence-electron chi connectivity index (χ2n) is 8.18. The molecule has 9 heteroatoms. The standard InChI is InChI=1S/C21H29NO8/c1-13-17(23)16(29-14-9-6-5-7-10-14)12-8-11-15(18(24)28-13)22(19(25)26)20(27)30-21(2,3)4/h5-7,9-10,13,15-17,23H,8,11-12H2,1-4H3,(H,25,26)/t13-,15-,16-,17-/m0/s1. The van der Waals surface area contributed by atoms with Gasteiger partial charge < -0.3 is 24.4 Å². The SMILES string of the molecule is C[C@@H]1OC(=O)[C@@H](N(C(=O)O)C(=O)OC(C)(C)C)CCC[C@H](Oc2ccccc2)[C@H]1O. The van der Waals surface area contributed by atoms with Gasteiger partial charge in [-0.05, 0) is 59.1 Å². The van der Waals surface area contributed by atoms with Crippen molar-refractivity contribution in [2.24, 2.45) is 0 Å². The first kappa shape index (κ1) is 23.5. The number of amides is 2. The molecule has 4 atom stereocenters. The number of hydrogen-bond donors (Lipinski definition) is 2. The van der Waals surface area contributed by atoms with Crippen LogP contribution in [0.5, 0.6) is 5.75 Å². The number of carboxylic acid groups (broad SMARTS) is 1. The molecule has 2 rings (SSSR count). The van der Waals surface area contributed by atoms with Gasteiger partial charge in [0.05, 0.1) is 0 Å². The molecule has 1 aliphatic heterocycles. The molecule has 1 aromatic carbocycles. The zero-order chi connectivity index (χ0) is 22.5. The van der Waals surface area contributed by atoms with Crippen LogP contribution in [0.25, 0.3) is 0 Å². The zero-order valence-corrected chi connectivity index (χ0v) is 17.6. The average Bonchev–Trinajstić information content (AvgIpc) is 2.68. The monoisotopic (exact) mass is 423 g/mol. The third-order valence-corrected chi connectivity index (χ3v) is 4.54. The number of cyclic esters (lactones) is 1. The molecule has 9 nitrogen and oxygen atoms in total. The van der Waals surface area contributed by atoms with Crippen LogP contribution in [-0.2, 0) is 14.3 Å². The molecule has 30 heavy (non-hydrogen) atoms. The Morgan fingerprint density at radius 3 is 2.37 bits per heavy atom. The minimum Gasteiger partial charge on any atom is -0.488 e. The molecule has 0 aromatic heterocycles. The summed E-state index contributed by atoms with van der Waals surface area (Å²) in [7, 11) is 0. The summed E-state index contributed by atoms with van der Waals surface area (Å²) in [6.45, 7) is 6.27. The Balaban J connectivity index is 2.21. The van der Waals surface area contributed by atoms with Crippen molar-refractivity contribution in [1.29, 1.82) is 0 Å². The molecule has 2 amide bonds. The van der Waals surface area contributed by atoms with E-state index in [1.165, 1.54) is 6.92 Å². The second-order valence-corrected chi connectivity index (χ2v) is 8.18. The van der Waals surface area contributed by atoms with Crippen molar-refractivity contribution in [1.82, 2.24) is 4.90 Å². The Hall–Kier alpha value is -2.81. The molecule has 0 bridgehead atoms. The van der Waals surface area contributed by atoms with Gasteiger partial charge in [0.15, 0.2) is 0 Å². The molecule has 0 unspecified atom stereocenters. The topological polar surface area (TPSA) is 123 Å². The fourth-order valence-electron chi connectivity index (χ4n) is 3.12. The highest BCUT2D eigenvalue weighted by atomic mass is 16.6. The third-order valence-electron chi connectivity index (χ3n) is 4.54. The number of aliphatic hydroxyl groups excluding tert-OH is 1. The number of benzene rings is 1. The van der Waals surface area contributed by atoms with E-state index >= 15 is 0 Å². The molecule has 0 saturated carbocycles. The van der Waals surface area contributed by atoms with Crippen molar-refractivity contribution in [3.8, 4) is 5.75 Å². The van der Waals surface area contributed by atoms with Crippen molar-refractivity contribution in [3.05, 3.63) is 30.3 Å². The fourth-order valence-corrected chi connectivity index (χ4v) is 3.12. The summed E-state index contributed by atoms with van der Waals surface area (Å²) in [5.41, 5.74) is -0.939. The maximum absolute atomic E-state index is 12.7. The summed E-state index contributed by atoms with van der Waals surface area (Å²) in [5, 5.41) is 20.2. The first-order valence-corrected chi connectivity index (χ1v) is 9.85. The van der Waals surface area contributed by atoms with Crippen LogP contribution in [0.3, 0.4) is 0 Å². The van der Waals surface area contributed by atoms with Gasteiger partial charge in [-0.1, -0.05) is 18.2 Å². The van der Waals surface area contributed by atoms with Gasteiger partial charge in [0.2, 0.25) is 0 Å². The van der Waals surface area contributed by atoms with Crippen molar-refractivity contribution in [2.45, 2.75) is 76.9 Å². The molecule has 1 heterocycles. The van der Waals surface area contributed by atoms with Crippen molar-refractivity contribution in [2.75, 3.05) is 0 Å². The predicted molar refractivity (Wildman–Crippen MR) is 106 cm³/mol. The van der Waals surface area contributed by atoms with Crippen molar-refractivity contribution in [3.63, 3.8) is 0 Å².